The van der Waals surface area contributed by atoms with Crippen molar-refractivity contribution < 1.29 is 9.59 Å². The van der Waals surface area contributed by atoms with Crippen molar-refractivity contribution >= 4 is 36.0 Å². The second-order valence-corrected chi connectivity index (χ2v) is 7.70. The number of carbonyl (C=O) groups is 2. The van der Waals surface area contributed by atoms with Crippen molar-refractivity contribution in [1.82, 2.24) is 15.5 Å². The molecule has 1 aromatic rings. The molecule has 5 nitrogen and oxygen atoms in total. The SMILES string of the molecule is CSc1ccccc1C(=O)N1CCCC(CNC(=O)C2CCCN2)C1.Cl. The van der Waals surface area contributed by atoms with Crippen LogP contribution in [0.4, 0.5) is 0 Å². The Balaban J connectivity index is 0.00000243. The first kappa shape index (κ1) is 21.1. The van der Waals surface area contributed by atoms with Crippen LogP contribution in [0.3, 0.4) is 0 Å². The molecule has 2 N–H and O–H groups in total. The summed E-state index contributed by atoms with van der Waals surface area (Å²) in [6.07, 6.45) is 6.05. The maximum atomic E-state index is 12.9. The maximum absolute atomic E-state index is 12.9. The van der Waals surface area contributed by atoms with Crippen LogP contribution in [-0.4, -0.2) is 55.2 Å². The lowest BCUT2D eigenvalue weighted by Crippen LogP contribution is -2.46. The summed E-state index contributed by atoms with van der Waals surface area (Å²) in [5.41, 5.74) is 0.787. The predicted octanol–water partition coefficient (Wildman–Crippen LogP) is 2.55. The minimum Gasteiger partial charge on any atom is -0.354 e. The molecule has 2 saturated heterocycles. The van der Waals surface area contributed by atoms with Gasteiger partial charge < -0.3 is 15.5 Å². The zero-order chi connectivity index (χ0) is 17.6. The molecular weight excluding hydrogens is 370 g/mol. The molecule has 7 heteroatoms. The molecular formula is C19H28ClN3O2S. The third-order valence-corrected chi connectivity index (χ3v) is 5.88. The summed E-state index contributed by atoms with van der Waals surface area (Å²) in [5.74, 6) is 0.552. The quantitative estimate of drug-likeness (QED) is 0.749. The summed E-state index contributed by atoms with van der Waals surface area (Å²) in [6.45, 7) is 3.11. The Bertz CT molecular complexity index is 623. The number of amides is 2. The highest BCUT2D eigenvalue weighted by Crippen LogP contribution is 2.24. The van der Waals surface area contributed by atoms with Gasteiger partial charge in [0.15, 0.2) is 0 Å². The lowest BCUT2D eigenvalue weighted by atomic mass is 9.97. The first-order chi connectivity index (χ1) is 12.2. The summed E-state index contributed by atoms with van der Waals surface area (Å²) >= 11 is 1.61. The zero-order valence-corrected chi connectivity index (χ0v) is 16.8. The van der Waals surface area contributed by atoms with E-state index in [1.807, 2.05) is 35.4 Å². The van der Waals surface area contributed by atoms with E-state index in [0.717, 1.165) is 55.8 Å². The fourth-order valence-electron chi connectivity index (χ4n) is 3.68. The highest BCUT2D eigenvalue weighted by Gasteiger charge is 2.27. The summed E-state index contributed by atoms with van der Waals surface area (Å²) in [6, 6.07) is 7.76. The molecule has 26 heavy (non-hydrogen) atoms. The van der Waals surface area contributed by atoms with Crippen molar-refractivity contribution in [3.8, 4) is 0 Å². The van der Waals surface area contributed by atoms with Gasteiger partial charge in [0.2, 0.25) is 5.91 Å². The van der Waals surface area contributed by atoms with Crippen LogP contribution in [0.1, 0.15) is 36.0 Å². The van der Waals surface area contributed by atoms with Gasteiger partial charge in [0.25, 0.3) is 5.91 Å². The van der Waals surface area contributed by atoms with Gasteiger partial charge in [-0.25, -0.2) is 0 Å². The fraction of sp³-hybridized carbons (Fsp3) is 0.579. The monoisotopic (exact) mass is 397 g/mol. The smallest absolute Gasteiger partial charge is 0.254 e. The van der Waals surface area contributed by atoms with Crippen LogP contribution in [0.25, 0.3) is 0 Å². The number of nitrogens with one attached hydrogen (secondary N) is 2. The molecule has 0 saturated carbocycles. The van der Waals surface area contributed by atoms with Crippen LogP contribution in [0.15, 0.2) is 29.2 Å². The van der Waals surface area contributed by atoms with Gasteiger partial charge in [0.05, 0.1) is 11.6 Å². The summed E-state index contributed by atoms with van der Waals surface area (Å²) in [5, 5.41) is 6.30. The van der Waals surface area contributed by atoms with Crippen molar-refractivity contribution in [2.45, 2.75) is 36.6 Å². The van der Waals surface area contributed by atoms with E-state index < -0.39 is 0 Å². The number of halogens is 1. The van der Waals surface area contributed by atoms with Crippen LogP contribution in [0, 0.1) is 5.92 Å². The van der Waals surface area contributed by atoms with Gasteiger partial charge in [-0.1, -0.05) is 12.1 Å². The maximum Gasteiger partial charge on any atom is 0.254 e. The molecule has 1 aromatic carbocycles. The molecule has 2 atom stereocenters. The average Bonchev–Trinajstić information content (AvgIpc) is 3.20. The molecule has 3 rings (SSSR count). The van der Waals surface area contributed by atoms with Crippen molar-refractivity contribution in [2.75, 3.05) is 32.4 Å². The van der Waals surface area contributed by atoms with Gasteiger partial charge in [0, 0.05) is 24.5 Å². The molecule has 0 radical (unpaired) electrons. The molecule has 2 aliphatic heterocycles. The first-order valence-corrected chi connectivity index (χ1v) is 10.3. The summed E-state index contributed by atoms with van der Waals surface area (Å²) in [7, 11) is 0. The molecule has 0 aliphatic carbocycles. The van der Waals surface area contributed by atoms with E-state index in [1.54, 1.807) is 11.8 Å². The van der Waals surface area contributed by atoms with Gasteiger partial charge >= 0.3 is 0 Å². The highest BCUT2D eigenvalue weighted by atomic mass is 35.5. The number of hydrogen-bond donors (Lipinski definition) is 2. The second-order valence-electron chi connectivity index (χ2n) is 6.85. The second kappa shape index (κ2) is 10.2. The number of hydrogen-bond acceptors (Lipinski definition) is 4. The van der Waals surface area contributed by atoms with Gasteiger partial charge in [0.1, 0.15) is 0 Å². The molecule has 2 unspecified atom stereocenters. The minimum absolute atomic E-state index is 0. The van der Waals surface area contributed by atoms with Crippen LogP contribution >= 0.6 is 24.2 Å². The molecule has 0 spiro atoms. The summed E-state index contributed by atoms with van der Waals surface area (Å²) < 4.78 is 0. The van der Waals surface area contributed by atoms with Crippen molar-refractivity contribution in [3.05, 3.63) is 29.8 Å². The number of rotatable bonds is 5. The van der Waals surface area contributed by atoms with E-state index in [0.29, 0.717) is 12.5 Å². The number of likely N-dealkylation sites (tertiary alicyclic amines) is 1. The number of benzene rings is 1. The third kappa shape index (κ3) is 5.15. The number of piperidine rings is 1. The van der Waals surface area contributed by atoms with E-state index in [9.17, 15) is 9.59 Å². The third-order valence-electron chi connectivity index (χ3n) is 5.09. The normalized spacial score (nSPS) is 22.6. The first-order valence-electron chi connectivity index (χ1n) is 9.12. The van der Waals surface area contributed by atoms with Crippen LogP contribution in [-0.2, 0) is 4.79 Å². The largest absolute Gasteiger partial charge is 0.354 e. The number of thioether (sulfide) groups is 1. The Hall–Kier alpha value is -1.24. The molecule has 2 aliphatic rings. The van der Waals surface area contributed by atoms with Gasteiger partial charge in [-0.15, -0.1) is 24.2 Å². The predicted molar refractivity (Wildman–Crippen MR) is 108 cm³/mol. The van der Waals surface area contributed by atoms with E-state index in [1.165, 1.54) is 0 Å². The molecule has 0 aromatic heterocycles. The average molecular weight is 398 g/mol. The van der Waals surface area contributed by atoms with E-state index in [4.69, 9.17) is 0 Å². The number of nitrogens with zero attached hydrogens (tertiary/aromatic N) is 1. The van der Waals surface area contributed by atoms with Crippen molar-refractivity contribution in [3.63, 3.8) is 0 Å². The Morgan fingerprint density at radius 2 is 2.08 bits per heavy atom. The van der Waals surface area contributed by atoms with E-state index >= 15 is 0 Å². The number of carbonyl (C=O) groups excluding carboxylic acids is 2. The molecule has 0 bridgehead atoms. The molecule has 2 heterocycles. The Morgan fingerprint density at radius 1 is 1.27 bits per heavy atom. The summed E-state index contributed by atoms with van der Waals surface area (Å²) in [4.78, 5) is 28.0. The zero-order valence-electron chi connectivity index (χ0n) is 15.2. The fourth-order valence-corrected chi connectivity index (χ4v) is 4.27. The lowest BCUT2D eigenvalue weighted by molar-refractivity contribution is -0.123. The molecule has 2 amide bonds. The van der Waals surface area contributed by atoms with Crippen LogP contribution in [0.5, 0.6) is 0 Å². The van der Waals surface area contributed by atoms with Crippen molar-refractivity contribution in [2.24, 2.45) is 5.92 Å². The molecule has 144 valence electrons. The van der Waals surface area contributed by atoms with Crippen LogP contribution in [0.2, 0.25) is 0 Å². The van der Waals surface area contributed by atoms with Crippen molar-refractivity contribution in [1.29, 1.82) is 0 Å². The topological polar surface area (TPSA) is 61.4 Å². The Morgan fingerprint density at radius 3 is 2.81 bits per heavy atom. The van der Waals surface area contributed by atoms with Gasteiger partial charge in [-0.3, -0.25) is 9.59 Å². The lowest BCUT2D eigenvalue weighted by Gasteiger charge is -2.33. The Kier molecular flexibility index (Phi) is 8.25. The minimum atomic E-state index is -0.0326. The van der Waals surface area contributed by atoms with Gasteiger partial charge in [-0.05, 0) is 56.5 Å². The highest BCUT2D eigenvalue weighted by molar-refractivity contribution is 7.98. The standard InChI is InChI=1S/C19H27N3O2S.ClH/c1-25-17-9-3-2-7-15(17)19(24)22-11-5-6-14(13-22)12-21-18(23)16-8-4-10-20-16;/h2-3,7,9,14,16,20H,4-6,8,10-13H2,1H3,(H,21,23);1H. The Labute approximate surface area is 166 Å². The van der Waals surface area contributed by atoms with E-state index in [2.05, 4.69) is 10.6 Å². The molecule has 2 fully saturated rings. The van der Waals surface area contributed by atoms with E-state index in [-0.39, 0.29) is 30.3 Å². The van der Waals surface area contributed by atoms with Gasteiger partial charge in [-0.2, -0.15) is 0 Å². The van der Waals surface area contributed by atoms with Crippen LogP contribution < -0.4 is 10.6 Å².